The van der Waals surface area contributed by atoms with E-state index in [1.807, 2.05) is 0 Å². The number of hydrogen-bond acceptors (Lipinski definition) is 7. The molecule has 2 aliphatic rings. The van der Waals surface area contributed by atoms with E-state index in [0.29, 0.717) is 38.7 Å². The number of hydrogen-bond donors (Lipinski definition) is 2. The molecule has 2 atom stereocenters. The topological polar surface area (TPSA) is 64.2 Å². The summed E-state index contributed by atoms with van der Waals surface area (Å²) in [5, 5.41) is 6.87. The van der Waals surface area contributed by atoms with E-state index in [1.165, 1.54) is 5.56 Å². The van der Waals surface area contributed by atoms with Gasteiger partial charge in [-0.2, -0.15) is 0 Å². The largest absolute Gasteiger partial charge is 0.490 e. The molecule has 2 aliphatic heterocycles. The molecule has 0 radical (unpaired) electrons. The number of methoxy groups -OCH3 is 1. The zero-order valence-electron chi connectivity index (χ0n) is 24.2. The summed E-state index contributed by atoms with van der Waals surface area (Å²) in [7, 11) is 1.74. The average Bonchev–Trinajstić information content (AvgIpc) is 3.02. The van der Waals surface area contributed by atoms with Crippen molar-refractivity contribution < 1.29 is 27.7 Å². The van der Waals surface area contributed by atoms with Gasteiger partial charge in [-0.3, -0.25) is 0 Å². The number of halogens is 2. The average molecular weight is 582 g/mol. The highest BCUT2D eigenvalue weighted by atomic mass is 19.1. The van der Waals surface area contributed by atoms with Crippen molar-refractivity contribution in [2.24, 2.45) is 0 Å². The second-order valence-corrected chi connectivity index (χ2v) is 10.8. The molecule has 1 fully saturated rings. The van der Waals surface area contributed by atoms with E-state index in [1.54, 1.807) is 7.11 Å². The Balaban J connectivity index is 1.11. The van der Waals surface area contributed by atoms with Crippen molar-refractivity contribution >= 4 is 11.4 Å². The molecular formula is C33H41F2N3O4. The number of ether oxygens (including phenoxy) is 4. The molecule has 1 saturated heterocycles. The third kappa shape index (κ3) is 8.12. The second kappa shape index (κ2) is 15.2. The maximum Gasteiger partial charge on any atom is 0.165 e. The van der Waals surface area contributed by atoms with E-state index in [9.17, 15) is 8.78 Å². The Labute approximate surface area is 247 Å². The molecule has 0 spiro atoms. The quantitative estimate of drug-likeness (QED) is 0.235. The van der Waals surface area contributed by atoms with E-state index in [0.717, 1.165) is 86.5 Å². The smallest absolute Gasteiger partial charge is 0.165 e. The first kappa shape index (κ1) is 30.1. The zero-order chi connectivity index (χ0) is 29.1. The van der Waals surface area contributed by atoms with Crippen molar-refractivity contribution in [2.75, 3.05) is 69.9 Å². The third-order valence-corrected chi connectivity index (χ3v) is 7.79. The number of rotatable bonds is 14. The molecule has 42 heavy (non-hydrogen) atoms. The van der Waals surface area contributed by atoms with Crippen LogP contribution in [-0.4, -0.2) is 65.8 Å². The first-order chi connectivity index (χ1) is 20.6. The molecule has 0 saturated carbocycles. The van der Waals surface area contributed by atoms with Crippen molar-refractivity contribution in [3.05, 3.63) is 83.4 Å². The Morgan fingerprint density at radius 1 is 1.02 bits per heavy atom. The first-order valence-electron chi connectivity index (χ1n) is 14.8. The highest BCUT2D eigenvalue weighted by Gasteiger charge is 2.27. The summed E-state index contributed by atoms with van der Waals surface area (Å²) in [5.74, 6) is 0.111. The van der Waals surface area contributed by atoms with Gasteiger partial charge < -0.3 is 34.5 Å². The van der Waals surface area contributed by atoms with Crippen LogP contribution in [0.3, 0.4) is 0 Å². The van der Waals surface area contributed by atoms with E-state index < -0.39 is 11.6 Å². The van der Waals surface area contributed by atoms with Gasteiger partial charge in [0.25, 0.3) is 0 Å². The van der Waals surface area contributed by atoms with E-state index in [-0.39, 0.29) is 11.9 Å². The molecule has 3 aromatic rings. The van der Waals surface area contributed by atoms with Gasteiger partial charge in [0.1, 0.15) is 18.2 Å². The fraction of sp³-hybridized carbons (Fsp3) is 0.455. The predicted octanol–water partition coefficient (Wildman–Crippen LogP) is 5.74. The normalized spacial score (nSPS) is 18.3. The lowest BCUT2D eigenvalue weighted by Crippen LogP contribution is -2.41. The second-order valence-electron chi connectivity index (χ2n) is 10.8. The van der Waals surface area contributed by atoms with Gasteiger partial charge in [-0.05, 0) is 73.3 Å². The SMILES string of the molecule is COCCCN1CCOc2ccc(COC3CNCCC3c3ccc(NCCCOc4cc(F)ccc4F)cc3)cc21. The number of fused-ring (bicyclic) bond motifs is 1. The molecular weight excluding hydrogens is 540 g/mol. The van der Waals surface area contributed by atoms with Crippen LogP contribution in [0.15, 0.2) is 60.7 Å². The van der Waals surface area contributed by atoms with Gasteiger partial charge in [-0.15, -0.1) is 0 Å². The highest BCUT2D eigenvalue weighted by Crippen LogP contribution is 2.34. The Morgan fingerprint density at radius 2 is 1.90 bits per heavy atom. The number of piperidine rings is 1. The molecule has 3 aromatic carbocycles. The third-order valence-electron chi connectivity index (χ3n) is 7.79. The summed E-state index contributed by atoms with van der Waals surface area (Å²) in [4.78, 5) is 2.37. The molecule has 5 rings (SSSR count). The molecule has 2 unspecified atom stereocenters. The maximum atomic E-state index is 13.7. The minimum atomic E-state index is -0.558. The van der Waals surface area contributed by atoms with Crippen LogP contribution in [0.4, 0.5) is 20.2 Å². The summed E-state index contributed by atoms with van der Waals surface area (Å²) < 4.78 is 50.0. The van der Waals surface area contributed by atoms with Crippen LogP contribution in [-0.2, 0) is 16.1 Å². The van der Waals surface area contributed by atoms with Crippen LogP contribution in [0.25, 0.3) is 0 Å². The minimum absolute atomic E-state index is 0.0568. The molecule has 226 valence electrons. The van der Waals surface area contributed by atoms with Gasteiger partial charge in [0.2, 0.25) is 0 Å². The summed E-state index contributed by atoms with van der Waals surface area (Å²) in [6.45, 7) is 6.54. The molecule has 7 nitrogen and oxygen atoms in total. The molecule has 0 aliphatic carbocycles. The van der Waals surface area contributed by atoms with E-state index in [2.05, 4.69) is 58.0 Å². The Kier molecular flexibility index (Phi) is 10.9. The van der Waals surface area contributed by atoms with Crippen molar-refractivity contribution in [1.29, 1.82) is 0 Å². The van der Waals surface area contributed by atoms with Gasteiger partial charge in [0.15, 0.2) is 11.6 Å². The van der Waals surface area contributed by atoms with Crippen LogP contribution in [0, 0.1) is 11.6 Å². The summed E-state index contributed by atoms with van der Waals surface area (Å²) >= 11 is 0. The van der Waals surface area contributed by atoms with Crippen LogP contribution in [0.2, 0.25) is 0 Å². The fourth-order valence-corrected chi connectivity index (χ4v) is 5.55. The Morgan fingerprint density at radius 3 is 2.76 bits per heavy atom. The summed E-state index contributed by atoms with van der Waals surface area (Å²) in [6, 6.07) is 18.1. The van der Waals surface area contributed by atoms with Gasteiger partial charge in [0.05, 0.1) is 31.5 Å². The lowest BCUT2D eigenvalue weighted by atomic mass is 9.87. The number of nitrogens with zero attached hydrogens (tertiary/aromatic N) is 1. The van der Waals surface area contributed by atoms with Gasteiger partial charge in [-0.25, -0.2) is 8.78 Å². The molecule has 9 heteroatoms. The molecule has 0 aromatic heterocycles. The fourth-order valence-electron chi connectivity index (χ4n) is 5.55. The first-order valence-corrected chi connectivity index (χ1v) is 14.8. The van der Waals surface area contributed by atoms with Gasteiger partial charge >= 0.3 is 0 Å². The molecule has 0 amide bonds. The summed E-state index contributed by atoms with van der Waals surface area (Å²) in [5.41, 5.74) is 4.55. The summed E-state index contributed by atoms with van der Waals surface area (Å²) in [6.07, 6.45) is 2.72. The molecule has 2 N–H and O–H groups in total. The molecule has 2 heterocycles. The van der Waals surface area contributed by atoms with Crippen molar-refractivity contribution in [3.8, 4) is 11.5 Å². The van der Waals surface area contributed by atoms with Crippen LogP contribution < -0.4 is 25.0 Å². The standard InChI is InChI=1S/C33H41F2N3O4/c1-39-17-3-15-38-16-19-41-31-11-4-24(20-30(31)38)23-42-33-22-36-14-12-28(33)25-5-8-27(9-6-25)37-13-2-18-40-32-21-26(34)7-10-29(32)35/h4-11,20-21,28,33,36-37H,2-3,12-19,22-23H2,1H3. The lowest BCUT2D eigenvalue weighted by Gasteiger charge is -2.33. The Bertz CT molecular complexity index is 1280. The van der Waals surface area contributed by atoms with Crippen molar-refractivity contribution in [1.82, 2.24) is 5.32 Å². The van der Waals surface area contributed by atoms with Crippen molar-refractivity contribution in [2.45, 2.75) is 37.9 Å². The number of benzene rings is 3. The van der Waals surface area contributed by atoms with Crippen molar-refractivity contribution in [3.63, 3.8) is 0 Å². The predicted molar refractivity (Wildman–Crippen MR) is 161 cm³/mol. The lowest BCUT2D eigenvalue weighted by molar-refractivity contribution is 0.0106. The van der Waals surface area contributed by atoms with E-state index >= 15 is 0 Å². The van der Waals surface area contributed by atoms with Gasteiger partial charge in [-0.1, -0.05) is 18.2 Å². The van der Waals surface area contributed by atoms with Crippen LogP contribution in [0.5, 0.6) is 11.5 Å². The maximum absolute atomic E-state index is 13.7. The van der Waals surface area contributed by atoms with Crippen LogP contribution in [0.1, 0.15) is 36.3 Å². The minimum Gasteiger partial charge on any atom is -0.490 e. The van der Waals surface area contributed by atoms with Crippen LogP contribution >= 0.6 is 0 Å². The Hall–Kier alpha value is -3.40. The van der Waals surface area contributed by atoms with E-state index in [4.69, 9.17) is 18.9 Å². The number of anilines is 2. The molecule has 0 bridgehead atoms. The number of nitrogens with one attached hydrogen (secondary N) is 2. The van der Waals surface area contributed by atoms with Gasteiger partial charge in [0, 0.05) is 51.0 Å². The monoisotopic (exact) mass is 581 g/mol. The zero-order valence-corrected chi connectivity index (χ0v) is 24.2. The highest BCUT2D eigenvalue weighted by molar-refractivity contribution is 5.61.